The van der Waals surface area contributed by atoms with Crippen LogP contribution in [-0.4, -0.2) is 57.7 Å². The van der Waals surface area contributed by atoms with Gasteiger partial charge in [0.1, 0.15) is 6.04 Å². The van der Waals surface area contributed by atoms with Gasteiger partial charge in [0.15, 0.2) is 0 Å². The van der Waals surface area contributed by atoms with Gasteiger partial charge in [0, 0.05) is 18.8 Å². The van der Waals surface area contributed by atoms with Crippen molar-refractivity contribution >= 4 is 23.8 Å². The van der Waals surface area contributed by atoms with E-state index in [9.17, 15) is 9.59 Å². The molecule has 19 heavy (non-hydrogen) atoms. The minimum absolute atomic E-state index is 0.101. The van der Waals surface area contributed by atoms with E-state index in [0.717, 1.165) is 32.4 Å². The fraction of sp³-hybridized carbons (Fsp3) is 0.846. The van der Waals surface area contributed by atoms with E-state index in [4.69, 9.17) is 5.11 Å². The largest absolute Gasteiger partial charge is 0.480 e. The fourth-order valence-electron chi connectivity index (χ4n) is 2.61. The number of hydrogen-bond acceptors (Lipinski definition) is 3. The molecule has 2 aliphatic rings. The number of carbonyl (C=O) groups is 2. The monoisotopic (exact) mass is 286 g/mol. The topological polar surface area (TPSA) is 60.9 Å². The molecule has 2 aliphatic heterocycles. The molecule has 0 bridgehead atoms. The van der Waals surface area contributed by atoms with Crippen LogP contribution in [0.2, 0.25) is 0 Å². The standard InChI is InChI=1S/C13H22N2O3S/c1-3-13(2)4-6-14(7-5-13)12(18)15-9-19-8-10(15)11(16)17/h10H,3-9H2,1-2H3,(H,16,17). The molecule has 0 aromatic carbocycles. The Kier molecular flexibility index (Phi) is 4.28. The van der Waals surface area contributed by atoms with Crippen LogP contribution in [0.25, 0.3) is 0 Å². The lowest BCUT2D eigenvalue weighted by Gasteiger charge is -2.40. The number of carboxylic acid groups (broad SMARTS) is 1. The number of rotatable bonds is 2. The maximum atomic E-state index is 12.4. The number of nitrogens with zero attached hydrogens (tertiary/aromatic N) is 2. The lowest BCUT2D eigenvalue weighted by Crippen LogP contribution is -2.51. The minimum Gasteiger partial charge on any atom is -0.480 e. The van der Waals surface area contributed by atoms with Gasteiger partial charge < -0.3 is 14.9 Å². The van der Waals surface area contributed by atoms with Crippen molar-refractivity contribution in [3.63, 3.8) is 0 Å². The lowest BCUT2D eigenvalue weighted by atomic mass is 9.78. The van der Waals surface area contributed by atoms with Crippen LogP contribution < -0.4 is 0 Å². The molecule has 0 aromatic rings. The van der Waals surface area contributed by atoms with Crippen LogP contribution in [-0.2, 0) is 4.79 Å². The summed E-state index contributed by atoms with van der Waals surface area (Å²) >= 11 is 1.51. The second-order valence-electron chi connectivity index (χ2n) is 5.76. The van der Waals surface area contributed by atoms with Crippen LogP contribution in [0.5, 0.6) is 0 Å². The van der Waals surface area contributed by atoms with E-state index >= 15 is 0 Å². The van der Waals surface area contributed by atoms with Gasteiger partial charge in [-0.3, -0.25) is 0 Å². The summed E-state index contributed by atoms with van der Waals surface area (Å²) in [5.41, 5.74) is 0.336. The molecule has 6 heteroatoms. The van der Waals surface area contributed by atoms with Crippen molar-refractivity contribution in [1.82, 2.24) is 9.80 Å². The van der Waals surface area contributed by atoms with Crippen LogP contribution in [0, 0.1) is 5.41 Å². The van der Waals surface area contributed by atoms with Crippen molar-refractivity contribution in [2.45, 2.75) is 39.2 Å². The summed E-state index contributed by atoms with van der Waals surface area (Å²) in [6.45, 7) is 5.95. The van der Waals surface area contributed by atoms with Crippen LogP contribution in [0.3, 0.4) is 0 Å². The van der Waals surface area contributed by atoms with E-state index in [1.807, 2.05) is 4.90 Å². The normalized spacial score (nSPS) is 26.5. The number of likely N-dealkylation sites (tertiary alicyclic amines) is 1. The van der Waals surface area contributed by atoms with E-state index in [1.165, 1.54) is 16.7 Å². The van der Waals surface area contributed by atoms with Gasteiger partial charge in [-0.2, -0.15) is 0 Å². The number of thioether (sulfide) groups is 1. The predicted octanol–water partition coefficient (Wildman–Crippen LogP) is 2.08. The van der Waals surface area contributed by atoms with Crippen molar-refractivity contribution in [3.8, 4) is 0 Å². The van der Waals surface area contributed by atoms with E-state index in [2.05, 4.69) is 13.8 Å². The number of urea groups is 1. The Morgan fingerprint density at radius 3 is 2.53 bits per heavy atom. The zero-order chi connectivity index (χ0) is 14.0. The molecule has 2 rings (SSSR count). The minimum atomic E-state index is -0.895. The molecule has 0 spiro atoms. The first-order valence-corrected chi connectivity index (χ1v) is 7.98. The number of piperidine rings is 1. The molecule has 0 aromatic heterocycles. The summed E-state index contributed by atoms with van der Waals surface area (Å²) < 4.78 is 0. The third-order valence-electron chi connectivity index (χ3n) is 4.51. The van der Waals surface area contributed by atoms with Crippen molar-refractivity contribution in [2.24, 2.45) is 5.41 Å². The quantitative estimate of drug-likeness (QED) is 0.844. The highest BCUT2D eigenvalue weighted by molar-refractivity contribution is 7.99. The number of aliphatic carboxylic acids is 1. The fourth-order valence-corrected chi connectivity index (χ4v) is 3.75. The summed E-state index contributed by atoms with van der Waals surface area (Å²) in [4.78, 5) is 26.8. The zero-order valence-corrected chi connectivity index (χ0v) is 12.4. The van der Waals surface area contributed by atoms with Gasteiger partial charge in [0.2, 0.25) is 0 Å². The highest BCUT2D eigenvalue weighted by Gasteiger charge is 2.38. The van der Waals surface area contributed by atoms with E-state index in [1.54, 1.807) is 0 Å². The Morgan fingerprint density at radius 2 is 2.00 bits per heavy atom. The third kappa shape index (κ3) is 2.99. The van der Waals surface area contributed by atoms with Crippen LogP contribution in [0.15, 0.2) is 0 Å². The highest BCUT2D eigenvalue weighted by atomic mass is 32.2. The number of carboxylic acids is 1. The molecule has 2 heterocycles. The maximum absolute atomic E-state index is 12.4. The first kappa shape index (κ1) is 14.5. The molecule has 1 N–H and O–H groups in total. The van der Waals surface area contributed by atoms with Crippen molar-refractivity contribution in [1.29, 1.82) is 0 Å². The molecule has 0 saturated carbocycles. The lowest BCUT2D eigenvalue weighted by molar-refractivity contribution is -0.141. The summed E-state index contributed by atoms with van der Waals surface area (Å²) in [6.07, 6.45) is 3.15. The Labute approximate surface area is 118 Å². The Balaban J connectivity index is 1.96. The van der Waals surface area contributed by atoms with Gasteiger partial charge in [-0.1, -0.05) is 20.3 Å². The number of carbonyl (C=O) groups excluding carboxylic acids is 1. The summed E-state index contributed by atoms with van der Waals surface area (Å²) in [5, 5.41) is 9.13. The van der Waals surface area contributed by atoms with E-state index in [0.29, 0.717) is 17.0 Å². The molecular weight excluding hydrogens is 264 g/mol. The molecule has 108 valence electrons. The summed E-state index contributed by atoms with van der Waals surface area (Å²) in [7, 11) is 0. The van der Waals surface area contributed by atoms with Gasteiger partial charge in [-0.15, -0.1) is 11.8 Å². The summed E-state index contributed by atoms with van der Waals surface area (Å²) in [5.74, 6) is 0.104. The Hall–Kier alpha value is -0.910. The molecule has 5 nitrogen and oxygen atoms in total. The number of hydrogen-bond donors (Lipinski definition) is 1. The van der Waals surface area contributed by atoms with Crippen LogP contribution in [0.4, 0.5) is 4.79 Å². The van der Waals surface area contributed by atoms with Crippen LogP contribution >= 0.6 is 11.8 Å². The van der Waals surface area contributed by atoms with Crippen molar-refractivity contribution in [2.75, 3.05) is 24.7 Å². The molecular formula is C13H22N2O3S. The molecule has 0 radical (unpaired) electrons. The van der Waals surface area contributed by atoms with E-state index < -0.39 is 12.0 Å². The molecule has 2 saturated heterocycles. The van der Waals surface area contributed by atoms with Gasteiger partial charge in [0.25, 0.3) is 0 Å². The Bertz CT molecular complexity index is 367. The van der Waals surface area contributed by atoms with Gasteiger partial charge >= 0.3 is 12.0 Å². The van der Waals surface area contributed by atoms with Crippen molar-refractivity contribution < 1.29 is 14.7 Å². The molecule has 2 amide bonds. The first-order valence-electron chi connectivity index (χ1n) is 6.83. The SMILES string of the molecule is CCC1(C)CCN(C(=O)N2CSCC2C(=O)O)CC1. The second-order valence-corrected chi connectivity index (χ2v) is 6.76. The highest BCUT2D eigenvalue weighted by Crippen LogP contribution is 2.34. The summed E-state index contributed by atoms with van der Waals surface area (Å²) in [6, 6.07) is -0.757. The second kappa shape index (κ2) is 5.61. The number of amides is 2. The maximum Gasteiger partial charge on any atom is 0.327 e. The van der Waals surface area contributed by atoms with Crippen LogP contribution in [0.1, 0.15) is 33.1 Å². The predicted molar refractivity (Wildman–Crippen MR) is 75.2 cm³/mol. The molecule has 2 fully saturated rings. The smallest absolute Gasteiger partial charge is 0.327 e. The van der Waals surface area contributed by atoms with E-state index in [-0.39, 0.29) is 6.03 Å². The Morgan fingerprint density at radius 1 is 1.37 bits per heavy atom. The molecule has 1 atom stereocenters. The first-order chi connectivity index (χ1) is 8.97. The van der Waals surface area contributed by atoms with Gasteiger partial charge in [-0.25, -0.2) is 9.59 Å². The average molecular weight is 286 g/mol. The average Bonchev–Trinajstić information content (AvgIpc) is 2.88. The molecule has 0 aliphatic carbocycles. The molecule has 1 unspecified atom stereocenters. The van der Waals surface area contributed by atoms with Gasteiger partial charge in [0.05, 0.1) is 5.88 Å². The zero-order valence-electron chi connectivity index (χ0n) is 11.6. The van der Waals surface area contributed by atoms with Crippen molar-refractivity contribution in [3.05, 3.63) is 0 Å². The third-order valence-corrected chi connectivity index (χ3v) is 5.52. The van der Waals surface area contributed by atoms with Gasteiger partial charge in [-0.05, 0) is 18.3 Å².